The van der Waals surface area contributed by atoms with Crippen LogP contribution in [0.4, 0.5) is 16.2 Å². The Kier molecular flexibility index (Phi) is 4.48. The fourth-order valence-corrected chi connectivity index (χ4v) is 2.23. The summed E-state index contributed by atoms with van der Waals surface area (Å²) in [5.41, 5.74) is 4.73. The molecule has 0 fully saturated rings. The van der Waals surface area contributed by atoms with Gasteiger partial charge in [-0.3, -0.25) is 0 Å². The lowest BCUT2D eigenvalue weighted by Crippen LogP contribution is -2.20. The zero-order chi connectivity index (χ0) is 15.4. The lowest BCUT2D eigenvalue weighted by Gasteiger charge is -2.12. The van der Waals surface area contributed by atoms with Gasteiger partial charge in [0.15, 0.2) is 0 Å². The zero-order valence-corrected chi connectivity index (χ0v) is 12.8. The quantitative estimate of drug-likeness (QED) is 0.884. The van der Waals surface area contributed by atoms with Gasteiger partial charge in [-0.05, 0) is 67.8 Å². The van der Waals surface area contributed by atoms with Crippen molar-refractivity contribution < 1.29 is 9.53 Å². The average Bonchev–Trinajstić information content (AvgIpc) is 2.39. The molecule has 4 nitrogen and oxygen atoms in total. The largest absolute Gasteiger partial charge is 0.497 e. The van der Waals surface area contributed by atoms with Gasteiger partial charge in [-0.15, -0.1) is 0 Å². The van der Waals surface area contributed by atoms with E-state index < -0.39 is 0 Å². The van der Waals surface area contributed by atoms with Gasteiger partial charge in [0, 0.05) is 11.4 Å². The van der Waals surface area contributed by atoms with E-state index in [4.69, 9.17) is 4.74 Å². The maximum Gasteiger partial charge on any atom is 0.323 e. The van der Waals surface area contributed by atoms with E-state index in [0.717, 1.165) is 33.8 Å². The second-order valence-electron chi connectivity index (χ2n) is 5.14. The van der Waals surface area contributed by atoms with Crippen LogP contribution in [0, 0.1) is 20.8 Å². The molecule has 2 rings (SSSR count). The monoisotopic (exact) mass is 284 g/mol. The van der Waals surface area contributed by atoms with Crippen LogP contribution in [0.15, 0.2) is 36.4 Å². The number of urea groups is 1. The topological polar surface area (TPSA) is 50.4 Å². The van der Waals surface area contributed by atoms with E-state index in [0.29, 0.717) is 0 Å². The molecule has 4 heteroatoms. The molecule has 0 spiro atoms. The minimum absolute atomic E-state index is 0.256. The van der Waals surface area contributed by atoms with E-state index in [1.807, 2.05) is 51.1 Å². The van der Waals surface area contributed by atoms with E-state index >= 15 is 0 Å². The standard InChI is InChI=1S/C17H20N2O2/c1-11-7-12(2)9-14(8-11)18-17(20)19-16-6-5-15(21-4)10-13(16)3/h5-10H,1-4H3,(H2,18,19,20). The summed E-state index contributed by atoms with van der Waals surface area (Å²) in [5.74, 6) is 0.771. The molecule has 0 saturated carbocycles. The third-order valence-electron chi connectivity index (χ3n) is 3.16. The van der Waals surface area contributed by atoms with Crippen LogP contribution in [0.3, 0.4) is 0 Å². The molecule has 0 radical (unpaired) electrons. The number of amides is 2. The Morgan fingerprint density at radius 1 is 0.952 bits per heavy atom. The van der Waals surface area contributed by atoms with E-state index in [1.54, 1.807) is 7.11 Å². The molecule has 0 atom stereocenters. The van der Waals surface area contributed by atoms with Gasteiger partial charge in [-0.1, -0.05) is 6.07 Å². The second kappa shape index (κ2) is 6.31. The van der Waals surface area contributed by atoms with Gasteiger partial charge in [0.1, 0.15) is 5.75 Å². The fraction of sp³-hybridized carbons (Fsp3) is 0.235. The summed E-state index contributed by atoms with van der Waals surface area (Å²) >= 11 is 0. The van der Waals surface area contributed by atoms with Crippen LogP contribution in [0.1, 0.15) is 16.7 Å². The Morgan fingerprint density at radius 3 is 2.19 bits per heavy atom. The van der Waals surface area contributed by atoms with Gasteiger partial charge >= 0.3 is 6.03 Å². The summed E-state index contributed by atoms with van der Waals surface area (Å²) in [5, 5.41) is 5.69. The van der Waals surface area contributed by atoms with Crippen molar-refractivity contribution in [2.24, 2.45) is 0 Å². The first-order chi connectivity index (χ1) is 9.97. The number of methoxy groups -OCH3 is 1. The normalized spacial score (nSPS) is 10.1. The third-order valence-corrected chi connectivity index (χ3v) is 3.16. The van der Waals surface area contributed by atoms with Crippen LogP contribution in [0.25, 0.3) is 0 Å². The number of hydrogen-bond donors (Lipinski definition) is 2. The summed E-state index contributed by atoms with van der Waals surface area (Å²) in [4.78, 5) is 12.1. The summed E-state index contributed by atoms with van der Waals surface area (Å²) < 4.78 is 5.15. The van der Waals surface area contributed by atoms with E-state index in [2.05, 4.69) is 16.7 Å². The molecule has 0 heterocycles. The summed E-state index contributed by atoms with van der Waals surface area (Å²) in [6.07, 6.45) is 0. The SMILES string of the molecule is COc1ccc(NC(=O)Nc2cc(C)cc(C)c2)c(C)c1. The predicted molar refractivity (Wildman–Crippen MR) is 86.3 cm³/mol. The molecule has 2 N–H and O–H groups in total. The van der Waals surface area contributed by atoms with Crippen LogP contribution >= 0.6 is 0 Å². The number of carbonyl (C=O) groups is 1. The molecule has 110 valence electrons. The van der Waals surface area contributed by atoms with Crippen LogP contribution in [0.5, 0.6) is 5.75 Å². The highest BCUT2D eigenvalue weighted by atomic mass is 16.5. The first-order valence-electron chi connectivity index (χ1n) is 6.79. The van der Waals surface area contributed by atoms with Gasteiger partial charge < -0.3 is 15.4 Å². The highest BCUT2D eigenvalue weighted by Gasteiger charge is 2.06. The molecule has 0 aliphatic rings. The predicted octanol–water partition coefficient (Wildman–Crippen LogP) is 4.26. The number of nitrogens with one attached hydrogen (secondary N) is 2. The highest BCUT2D eigenvalue weighted by molar-refractivity contribution is 6.00. The molecule has 2 aromatic rings. The summed E-state index contributed by atoms with van der Waals surface area (Å²) in [7, 11) is 1.62. The van der Waals surface area contributed by atoms with Crippen LogP contribution < -0.4 is 15.4 Å². The number of anilines is 2. The van der Waals surface area contributed by atoms with E-state index in [9.17, 15) is 4.79 Å². The van der Waals surface area contributed by atoms with Gasteiger partial charge in [0.25, 0.3) is 0 Å². The van der Waals surface area contributed by atoms with Gasteiger partial charge in [-0.2, -0.15) is 0 Å². The van der Waals surface area contributed by atoms with E-state index in [-0.39, 0.29) is 6.03 Å². The Hall–Kier alpha value is -2.49. The fourth-order valence-electron chi connectivity index (χ4n) is 2.23. The maximum absolute atomic E-state index is 12.1. The molecule has 2 aromatic carbocycles. The van der Waals surface area contributed by atoms with Crippen molar-refractivity contribution in [1.82, 2.24) is 0 Å². The highest BCUT2D eigenvalue weighted by Crippen LogP contribution is 2.21. The molecule has 0 aromatic heterocycles. The van der Waals surface area contributed by atoms with Crippen molar-refractivity contribution >= 4 is 17.4 Å². The first-order valence-corrected chi connectivity index (χ1v) is 6.79. The van der Waals surface area contributed by atoms with Crippen molar-refractivity contribution in [1.29, 1.82) is 0 Å². The van der Waals surface area contributed by atoms with Crippen molar-refractivity contribution in [3.8, 4) is 5.75 Å². The molecule has 21 heavy (non-hydrogen) atoms. The van der Waals surface area contributed by atoms with Crippen molar-refractivity contribution in [3.63, 3.8) is 0 Å². The lowest BCUT2D eigenvalue weighted by atomic mass is 10.1. The smallest absolute Gasteiger partial charge is 0.323 e. The minimum atomic E-state index is -0.256. The second-order valence-corrected chi connectivity index (χ2v) is 5.14. The van der Waals surface area contributed by atoms with E-state index in [1.165, 1.54) is 0 Å². The number of ether oxygens (including phenoxy) is 1. The molecule has 0 bridgehead atoms. The third kappa shape index (κ3) is 3.99. The molecule has 0 saturated heterocycles. The van der Waals surface area contributed by atoms with Gasteiger partial charge in [0.2, 0.25) is 0 Å². The number of benzene rings is 2. The molecule has 0 aliphatic carbocycles. The molecule has 0 unspecified atom stereocenters. The Labute approximate surface area is 125 Å². The van der Waals surface area contributed by atoms with Gasteiger partial charge in [0.05, 0.1) is 7.11 Å². The van der Waals surface area contributed by atoms with Crippen LogP contribution in [-0.2, 0) is 0 Å². The average molecular weight is 284 g/mol. The Balaban J connectivity index is 2.08. The number of hydrogen-bond acceptors (Lipinski definition) is 2. The molecule has 2 amide bonds. The first kappa shape index (κ1) is 14.9. The lowest BCUT2D eigenvalue weighted by molar-refractivity contribution is 0.262. The van der Waals surface area contributed by atoms with Crippen LogP contribution in [-0.4, -0.2) is 13.1 Å². The zero-order valence-electron chi connectivity index (χ0n) is 12.8. The Bertz CT molecular complexity index is 646. The number of rotatable bonds is 3. The summed E-state index contributed by atoms with van der Waals surface area (Å²) in [6.45, 7) is 5.93. The Morgan fingerprint density at radius 2 is 1.62 bits per heavy atom. The van der Waals surface area contributed by atoms with Gasteiger partial charge in [-0.25, -0.2) is 4.79 Å². The maximum atomic E-state index is 12.1. The van der Waals surface area contributed by atoms with Crippen LogP contribution in [0.2, 0.25) is 0 Å². The molecule has 0 aliphatic heterocycles. The van der Waals surface area contributed by atoms with Crippen molar-refractivity contribution in [2.75, 3.05) is 17.7 Å². The minimum Gasteiger partial charge on any atom is -0.497 e. The summed E-state index contributed by atoms with van der Waals surface area (Å²) in [6, 6.07) is 11.2. The number of carbonyl (C=O) groups excluding carboxylic acids is 1. The molecular weight excluding hydrogens is 264 g/mol. The number of aryl methyl sites for hydroxylation is 3. The van der Waals surface area contributed by atoms with Crippen molar-refractivity contribution in [2.45, 2.75) is 20.8 Å². The molecular formula is C17H20N2O2. The van der Waals surface area contributed by atoms with Crippen molar-refractivity contribution in [3.05, 3.63) is 53.1 Å².